The van der Waals surface area contributed by atoms with Gasteiger partial charge in [0.15, 0.2) is 0 Å². The largest absolute Gasteiger partial charge is 0.350 e. The lowest BCUT2D eigenvalue weighted by Gasteiger charge is -2.27. The first-order valence-corrected chi connectivity index (χ1v) is 7.94. The fourth-order valence-corrected chi connectivity index (χ4v) is 2.71. The van der Waals surface area contributed by atoms with Crippen molar-refractivity contribution >= 4 is 17.5 Å². The van der Waals surface area contributed by atoms with Crippen molar-refractivity contribution in [1.82, 2.24) is 20.4 Å². The number of nitrogens with zero attached hydrogens (tertiary/aromatic N) is 2. The number of anilines is 1. The molecule has 1 aromatic rings. The van der Waals surface area contributed by atoms with Gasteiger partial charge in [-0.25, -0.2) is 0 Å². The van der Waals surface area contributed by atoms with E-state index in [1.54, 1.807) is 0 Å². The first-order chi connectivity index (χ1) is 10.6. The number of carbonyl (C=O) groups is 2. The second kappa shape index (κ2) is 6.48. The Kier molecular flexibility index (Phi) is 4.42. The molecule has 120 valence electrons. The molecule has 1 saturated carbocycles. The Hall–Kier alpha value is -1.89. The number of rotatable bonds is 5. The van der Waals surface area contributed by atoms with Crippen molar-refractivity contribution in [2.45, 2.75) is 25.7 Å². The zero-order valence-electron chi connectivity index (χ0n) is 12.9. The number of aromatic nitrogens is 2. The van der Waals surface area contributed by atoms with Crippen LogP contribution in [0.15, 0.2) is 6.20 Å². The molecule has 1 saturated heterocycles. The quantitative estimate of drug-likeness (QED) is 0.751. The number of aromatic amines is 1. The van der Waals surface area contributed by atoms with Crippen LogP contribution in [-0.2, 0) is 4.79 Å². The van der Waals surface area contributed by atoms with Crippen LogP contribution in [0.1, 0.15) is 36.2 Å². The van der Waals surface area contributed by atoms with Crippen LogP contribution < -0.4 is 10.6 Å². The molecule has 2 heterocycles. The molecular formula is C15H23N5O2. The van der Waals surface area contributed by atoms with E-state index in [9.17, 15) is 9.59 Å². The summed E-state index contributed by atoms with van der Waals surface area (Å²) in [6.45, 7) is 2.55. The molecule has 0 atom stereocenters. The minimum absolute atomic E-state index is 0.00785. The van der Waals surface area contributed by atoms with Crippen molar-refractivity contribution in [3.8, 4) is 0 Å². The highest BCUT2D eigenvalue weighted by molar-refractivity contribution is 6.02. The van der Waals surface area contributed by atoms with Crippen molar-refractivity contribution < 1.29 is 9.59 Å². The third-order valence-electron chi connectivity index (χ3n) is 4.46. The van der Waals surface area contributed by atoms with Crippen LogP contribution in [0, 0.1) is 11.8 Å². The molecule has 0 radical (unpaired) electrons. The Morgan fingerprint density at radius 3 is 2.73 bits per heavy atom. The number of carbonyl (C=O) groups excluding carboxylic acids is 2. The number of H-pyrrole nitrogens is 1. The molecule has 3 N–H and O–H groups in total. The van der Waals surface area contributed by atoms with Gasteiger partial charge in [0.25, 0.3) is 5.91 Å². The normalized spacial score (nSPS) is 19.9. The van der Waals surface area contributed by atoms with Crippen LogP contribution in [0.2, 0.25) is 0 Å². The second-order valence-electron chi connectivity index (χ2n) is 6.38. The number of likely N-dealkylation sites (tertiary alicyclic amines) is 1. The molecule has 7 nitrogen and oxygen atoms in total. The van der Waals surface area contributed by atoms with Crippen LogP contribution in [0.4, 0.5) is 5.69 Å². The molecule has 7 heteroatoms. The summed E-state index contributed by atoms with van der Waals surface area (Å²) in [4.78, 5) is 26.7. The van der Waals surface area contributed by atoms with Gasteiger partial charge in [-0.2, -0.15) is 5.10 Å². The van der Waals surface area contributed by atoms with E-state index in [4.69, 9.17) is 0 Å². The number of hydrogen-bond donors (Lipinski definition) is 3. The SMILES string of the molecule is CN1CCC(C(=O)Nc2cn[nH]c2C(=O)NCC2CC2)CC1. The fourth-order valence-electron chi connectivity index (χ4n) is 2.71. The molecule has 1 aliphatic heterocycles. The molecule has 0 aromatic carbocycles. The third-order valence-corrected chi connectivity index (χ3v) is 4.46. The summed E-state index contributed by atoms with van der Waals surface area (Å²) in [5.74, 6) is 0.395. The Bertz CT molecular complexity index is 544. The van der Waals surface area contributed by atoms with Crippen LogP contribution in [0.3, 0.4) is 0 Å². The van der Waals surface area contributed by atoms with Gasteiger partial charge in [-0.3, -0.25) is 14.7 Å². The maximum Gasteiger partial charge on any atom is 0.271 e. The van der Waals surface area contributed by atoms with Gasteiger partial charge in [-0.05, 0) is 51.7 Å². The van der Waals surface area contributed by atoms with Gasteiger partial charge in [0, 0.05) is 12.5 Å². The highest BCUT2D eigenvalue weighted by Crippen LogP contribution is 2.27. The van der Waals surface area contributed by atoms with E-state index in [1.807, 2.05) is 0 Å². The fraction of sp³-hybridized carbons (Fsp3) is 0.667. The molecule has 3 rings (SSSR count). The third kappa shape index (κ3) is 3.65. The Morgan fingerprint density at radius 2 is 2.05 bits per heavy atom. The zero-order chi connectivity index (χ0) is 15.5. The summed E-state index contributed by atoms with van der Waals surface area (Å²) in [7, 11) is 2.06. The Labute approximate surface area is 129 Å². The van der Waals surface area contributed by atoms with E-state index in [0.717, 1.165) is 25.9 Å². The summed E-state index contributed by atoms with van der Waals surface area (Å²) in [5, 5.41) is 12.3. The van der Waals surface area contributed by atoms with Gasteiger partial charge in [-0.1, -0.05) is 0 Å². The van der Waals surface area contributed by atoms with Crippen molar-refractivity contribution in [2.75, 3.05) is 32.0 Å². The van der Waals surface area contributed by atoms with Crippen LogP contribution in [0.5, 0.6) is 0 Å². The maximum absolute atomic E-state index is 12.3. The van der Waals surface area contributed by atoms with Gasteiger partial charge in [-0.15, -0.1) is 0 Å². The van der Waals surface area contributed by atoms with E-state index in [-0.39, 0.29) is 17.7 Å². The number of piperidine rings is 1. The number of nitrogens with one attached hydrogen (secondary N) is 3. The van der Waals surface area contributed by atoms with Crippen LogP contribution >= 0.6 is 0 Å². The monoisotopic (exact) mass is 305 g/mol. The molecule has 2 amide bonds. The van der Waals surface area contributed by atoms with Crippen molar-refractivity contribution in [3.05, 3.63) is 11.9 Å². The van der Waals surface area contributed by atoms with Gasteiger partial charge in [0.2, 0.25) is 5.91 Å². The number of amides is 2. The molecule has 0 unspecified atom stereocenters. The summed E-state index contributed by atoms with van der Waals surface area (Å²) < 4.78 is 0. The molecule has 2 aliphatic rings. The highest BCUT2D eigenvalue weighted by Gasteiger charge is 2.26. The Balaban J connectivity index is 1.56. The van der Waals surface area contributed by atoms with Crippen molar-refractivity contribution in [3.63, 3.8) is 0 Å². The maximum atomic E-state index is 12.3. The van der Waals surface area contributed by atoms with Crippen molar-refractivity contribution in [1.29, 1.82) is 0 Å². The molecule has 22 heavy (non-hydrogen) atoms. The second-order valence-corrected chi connectivity index (χ2v) is 6.38. The minimum Gasteiger partial charge on any atom is -0.350 e. The van der Waals surface area contributed by atoms with E-state index < -0.39 is 0 Å². The molecule has 2 fully saturated rings. The van der Waals surface area contributed by atoms with Gasteiger partial charge in [0.1, 0.15) is 5.69 Å². The average Bonchev–Trinajstić information content (AvgIpc) is 3.23. The number of hydrogen-bond acceptors (Lipinski definition) is 4. The lowest BCUT2D eigenvalue weighted by molar-refractivity contribution is -0.121. The topological polar surface area (TPSA) is 90.1 Å². The standard InChI is InChI=1S/C15H23N5O2/c1-20-6-4-11(5-7-20)14(21)18-12-9-17-19-13(12)15(22)16-8-10-2-3-10/h9-11H,2-8H2,1H3,(H,16,22)(H,17,19)(H,18,21). The molecule has 1 aromatic heterocycles. The zero-order valence-corrected chi connectivity index (χ0v) is 12.9. The van der Waals surface area contributed by atoms with Crippen LogP contribution in [0.25, 0.3) is 0 Å². The average molecular weight is 305 g/mol. The molecule has 1 aliphatic carbocycles. The van der Waals surface area contributed by atoms with E-state index in [1.165, 1.54) is 19.0 Å². The smallest absolute Gasteiger partial charge is 0.271 e. The lowest BCUT2D eigenvalue weighted by atomic mass is 9.96. The van der Waals surface area contributed by atoms with Gasteiger partial charge in [0.05, 0.1) is 11.9 Å². The summed E-state index contributed by atoms with van der Waals surface area (Å²) in [5.41, 5.74) is 0.805. The summed E-state index contributed by atoms with van der Waals surface area (Å²) in [6.07, 6.45) is 5.57. The lowest BCUT2D eigenvalue weighted by Crippen LogP contribution is -2.36. The van der Waals surface area contributed by atoms with E-state index in [2.05, 4.69) is 32.8 Å². The highest BCUT2D eigenvalue weighted by atomic mass is 16.2. The first kappa shape index (κ1) is 15.0. The Morgan fingerprint density at radius 1 is 1.32 bits per heavy atom. The predicted octanol–water partition coefficient (Wildman–Crippen LogP) is 0.830. The van der Waals surface area contributed by atoms with Gasteiger partial charge < -0.3 is 15.5 Å². The molecular weight excluding hydrogens is 282 g/mol. The van der Waals surface area contributed by atoms with E-state index in [0.29, 0.717) is 23.8 Å². The van der Waals surface area contributed by atoms with Gasteiger partial charge >= 0.3 is 0 Å². The summed E-state index contributed by atoms with van der Waals surface area (Å²) >= 11 is 0. The first-order valence-electron chi connectivity index (χ1n) is 7.94. The predicted molar refractivity (Wildman–Crippen MR) is 82.5 cm³/mol. The summed E-state index contributed by atoms with van der Waals surface area (Å²) in [6, 6.07) is 0. The van der Waals surface area contributed by atoms with E-state index >= 15 is 0 Å². The minimum atomic E-state index is -0.205. The molecule has 0 bridgehead atoms. The molecule has 0 spiro atoms. The van der Waals surface area contributed by atoms with Crippen LogP contribution in [-0.4, -0.2) is 53.6 Å². The van der Waals surface area contributed by atoms with Crippen molar-refractivity contribution in [2.24, 2.45) is 11.8 Å².